The first-order valence-electron chi connectivity index (χ1n) is 15.8. The second-order valence-electron chi connectivity index (χ2n) is 13.1. The third kappa shape index (κ3) is 8.45. The highest BCUT2D eigenvalue weighted by Gasteiger charge is 2.48. The fraction of sp³-hybridized carbons (Fsp3) is 0.417. The third-order valence-electron chi connectivity index (χ3n) is 8.18. The van der Waals surface area contributed by atoms with Crippen LogP contribution >= 0.6 is 7.60 Å². The highest BCUT2D eigenvalue weighted by Crippen LogP contribution is 2.48. The Bertz CT molecular complexity index is 1640. The molecular formula is C36H42NO10P. The van der Waals surface area contributed by atoms with Gasteiger partial charge in [0.25, 0.3) is 0 Å². The molecule has 3 aromatic carbocycles. The van der Waals surface area contributed by atoms with E-state index in [1.54, 1.807) is 52.0 Å². The molecule has 0 radical (unpaired) electrons. The van der Waals surface area contributed by atoms with E-state index in [9.17, 15) is 18.9 Å². The Morgan fingerprint density at radius 1 is 0.854 bits per heavy atom. The van der Waals surface area contributed by atoms with Crippen molar-refractivity contribution in [1.82, 2.24) is 5.32 Å². The number of benzene rings is 3. The van der Waals surface area contributed by atoms with Crippen molar-refractivity contribution in [2.45, 2.75) is 71.5 Å². The molecule has 11 nitrogen and oxygen atoms in total. The average molecular weight is 680 g/mol. The topological polar surface area (TPSA) is 136 Å². The highest BCUT2D eigenvalue weighted by molar-refractivity contribution is 7.53. The monoisotopic (exact) mass is 679 g/mol. The number of hydrogen-bond acceptors (Lipinski definition) is 10. The highest BCUT2D eigenvalue weighted by atomic mass is 31.2. The van der Waals surface area contributed by atoms with E-state index in [0.717, 1.165) is 27.8 Å². The molecule has 5 atom stereocenters. The van der Waals surface area contributed by atoms with Gasteiger partial charge in [-0.15, -0.1) is 0 Å². The molecule has 12 heteroatoms. The predicted octanol–water partition coefficient (Wildman–Crippen LogP) is 6.62. The number of hydrogen-bond donors (Lipinski definition) is 1. The van der Waals surface area contributed by atoms with Gasteiger partial charge in [-0.05, 0) is 67.6 Å². The van der Waals surface area contributed by atoms with Gasteiger partial charge in [0, 0.05) is 19.5 Å². The standard InChI is InChI=1S/C36H42NO10P/c1-22-32(37-35(40)44-20-30-28-13-9-7-11-26(28)27-12-8-10-14-29(27)30)33(31(45-22)21-43-34(39)36(3,4)5)47-48(6,41)46-25-17-15-24(16-18-25)19-42-23(2)38/h7-18,22,30-33H,19-21H2,1-6H3,(H,37,40)/t22-,31+,32?,33?,48?/m0/s1. The number of rotatable bonds is 11. The minimum absolute atomic E-state index is 0.0887. The molecule has 1 heterocycles. The van der Waals surface area contributed by atoms with E-state index < -0.39 is 55.4 Å². The van der Waals surface area contributed by atoms with Crippen LogP contribution in [0.15, 0.2) is 72.8 Å². The van der Waals surface area contributed by atoms with E-state index >= 15 is 0 Å². The first-order valence-corrected chi connectivity index (χ1v) is 17.8. The van der Waals surface area contributed by atoms with Gasteiger partial charge < -0.3 is 28.8 Å². The lowest BCUT2D eigenvalue weighted by atomic mass is 9.97. The van der Waals surface area contributed by atoms with E-state index in [2.05, 4.69) is 17.4 Å². The van der Waals surface area contributed by atoms with Crippen LogP contribution in [0.1, 0.15) is 57.2 Å². The third-order valence-corrected chi connectivity index (χ3v) is 9.35. The molecule has 0 spiro atoms. The number of amides is 1. The molecule has 0 aromatic heterocycles. The zero-order valence-electron chi connectivity index (χ0n) is 28.0. The van der Waals surface area contributed by atoms with Gasteiger partial charge in [0.2, 0.25) is 0 Å². The van der Waals surface area contributed by atoms with E-state index in [1.807, 2.05) is 36.4 Å². The second-order valence-corrected chi connectivity index (χ2v) is 15.0. The Hall–Kier alpha value is -4.18. The molecule has 3 unspecified atom stereocenters. The maximum atomic E-state index is 13.7. The molecule has 0 saturated carbocycles. The quantitative estimate of drug-likeness (QED) is 0.134. The van der Waals surface area contributed by atoms with Crippen molar-refractivity contribution in [1.29, 1.82) is 0 Å². The van der Waals surface area contributed by atoms with Gasteiger partial charge in [-0.25, -0.2) is 9.36 Å². The van der Waals surface area contributed by atoms with Crippen LogP contribution in [0, 0.1) is 5.41 Å². The van der Waals surface area contributed by atoms with Crippen LogP contribution in [-0.4, -0.2) is 62.3 Å². The van der Waals surface area contributed by atoms with Crippen molar-refractivity contribution in [2.24, 2.45) is 5.41 Å². The largest absolute Gasteiger partial charge is 0.462 e. The number of carbonyl (C=O) groups excluding carboxylic acids is 3. The molecule has 256 valence electrons. The SMILES string of the molecule is CC(=O)OCc1ccc(OP(C)(=O)OC2C(NC(=O)OCC3c4ccccc4-c4ccccc43)[C@H](C)O[C@@H]2COC(=O)C(C)(C)C)cc1. The van der Waals surface area contributed by atoms with Gasteiger partial charge in [0.15, 0.2) is 0 Å². The summed E-state index contributed by atoms with van der Waals surface area (Å²) in [6.45, 7) is 9.55. The smallest absolute Gasteiger partial charge is 0.407 e. The van der Waals surface area contributed by atoms with Gasteiger partial charge in [0.05, 0.1) is 17.6 Å². The Balaban J connectivity index is 1.28. The summed E-state index contributed by atoms with van der Waals surface area (Å²) < 4.78 is 48.0. The summed E-state index contributed by atoms with van der Waals surface area (Å²) in [5.41, 5.74) is 4.33. The molecule has 2 aliphatic rings. The first kappa shape index (κ1) is 35.1. The van der Waals surface area contributed by atoms with Crippen molar-refractivity contribution in [2.75, 3.05) is 19.9 Å². The van der Waals surface area contributed by atoms with Gasteiger partial charge in [-0.1, -0.05) is 60.7 Å². The molecule has 3 aromatic rings. The number of ether oxygens (including phenoxy) is 4. The normalized spacial score (nSPS) is 21.4. The van der Waals surface area contributed by atoms with Crippen LogP contribution in [0.25, 0.3) is 11.1 Å². The summed E-state index contributed by atoms with van der Waals surface area (Å²) in [6, 6.07) is 21.8. The number of alkyl carbamates (subject to hydrolysis) is 1. The van der Waals surface area contributed by atoms with Crippen molar-refractivity contribution < 1.29 is 46.9 Å². The van der Waals surface area contributed by atoms with Crippen LogP contribution in [0.3, 0.4) is 0 Å². The fourth-order valence-electron chi connectivity index (χ4n) is 5.82. The molecular weight excluding hydrogens is 637 g/mol. The zero-order chi connectivity index (χ0) is 34.6. The minimum Gasteiger partial charge on any atom is -0.462 e. The molecule has 1 aliphatic heterocycles. The van der Waals surface area contributed by atoms with Crippen LogP contribution < -0.4 is 9.84 Å². The molecule has 48 heavy (non-hydrogen) atoms. The fourth-order valence-corrected chi connectivity index (χ4v) is 7.08. The van der Waals surface area contributed by atoms with Crippen LogP contribution in [-0.2, 0) is 44.2 Å². The number of carbonyl (C=O) groups is 3. The van der Waals surface area contributed by atoms with Crippen molar-refractivity contribution in [3.63, 3.8) is 0 Å². The summed E-state index contributed by atoms with van der Waals surface area (Å²) >= 11 is 0. The van der Waals surface area contributed by atoms with E-state index in [0.29, 0.717) is 0 Å². The van der Waals surface area contributed by atoms with Gasteiger partial charge in [0.1, 0.15) is 37.8 Å². The maximum Gasteiger partial charge on any atom is 0.407 e. The molecule has 0 bridgehead atoms. The Kier molecular flexibility index (Phi) is 10.6. The summed E-state index contributed by atoms with van der Waals surface area (Å²) in [7, 11) is -3.84. The van der Waals surface area contributed by atoms with Crippen molar-refractivity contribution >= 4 is 25.6 Å². The van der Waals surface area contributed by atoms with Crippen LogP contribution in [0.5, 0.6) is 5.75 Å². The summed E-state index contributed by atoms with van der Waals surface area (Å²) in [5, 5.41) is 2.85. The predicted molar refractivity (Wildman–Crippen MR) is 178 cm³/mol. The minimum atomic E-state index is -3.84. The summed E-state index contributed by atoms with van der Waals surface area (Å²) in [6.07, 6.45) is -3.21. The Labute approximate surface area is 280 Å². The first-order chi connectivity index (χ1) is 22.7. The van der Waals surface area contributed by atoms with Crippen molar-refractivity contribution in [3.05, 3.63) is 89.5 Å². The van der Waals surface area contributed by atoms with Gasteiger partial charge >= 0.3 is 25.6 Å². The summed E-state index contributed by atoms with van der Waals surface area (Å²) in [5.74, 6) is -0.730. The Morgan fingerprint density at radius 3 is 2.04 bits per heavy atom. The van der Waals surface area contributed by atoms with Crippen molar-refractivity contribution in [3.8, 4) is 16.9 Å². The number of esters is 2. The van der Waals surface area contributed by atoms with Crippen LogP contribution in [0.2, 0.25) is 0 Å². The molecule has 1 amide bonds. The molecule has 1 saturated heterocycles. The van der Waals surface area contributed by atoms with E-state index in [4.69, 9.17) is 28.0 Å². The van der Waals surface area contributed by atoms with E-state index in [1.165, 1.54) is 13.6 Å². The second kappa shape index (κ2) is 14.5. The summed E-state index contributed by atoms with van der Waals surface area (Å²) in [4.78, 5) is 37.0. The number of fused-ring (bicyclic) bond motifs is 3. The molecule has 1 N–H and O–H groups in total. The molecule has 5 rings (SSSR count). The van der Waals surface area contributed by atoms with Gasteiger partial charge in [-0.2, -0.15) is 0 Å². The lowest BCUT2D eigenvalue weighted by Gasteiger charge is -2.28. The molecule has 1 aliphatic carbocycles. The van der Waals surface area contributed by atoms with E-state index in [-0.39, 0.29) is 31.5 Å². The van der Waals surface area contributed by atoms with Crippen LogP contribution in [0.4, 0.5) is 4.79 Å². The average Bonchev–Trinajstić information content (AvgIpc) is 3.50. The Morgan fingerprint density at radius 2 is 1.46 bits per heavy atom. The lowest BCUT2D eigenvalue weighted by molar-refractivity contribution is -0.158. The number of nitrogens with one attached hydrogen (secondary N) is 1. The van der Waals surface area contributed by atoms with Gasteiger partial charge in [-0.3, -0.25) is 14.1 Å². The zero-order valence-corrected chi connectivity index (χ0v) is 28.9. The lowest BCUT2D eigenvalue weighted by Crippen LogP contribution is -2.49. The maximum absolute atomic E-state index is 13.7. The molecule has 1 fully saturated rings.